The predicted molar refractivity (Wildman–Crippen MR) is 101 cm³/mol. The van der Waals surface area contributed by atoms with Gasteiger partial charge in [0.25, 0.3) is 0 Å². The SMILES string of the molecule is CCC(C)(C)C(=O)OC1(C(F)(F)F)OC(CC)(C(F)(F)F)C(F)(F)C(O)(C2CCCCC2)C1(F)F. The van der Waals surface area contributed by atoms with Crippen molar-refractivity contribution in [3.63, 3.8) is 0 Å². The van der Waals surface area contributed by atoms with Gasteiger partial charge in [-0.2, -0.15) is 43.9 Å². The van der Waals surface area contributed by atoms with E-state index in [0.29, 0.717) is 6.92 Å². The molecule has 0 spiro atoms. The van der Waals surface area contributed by atoms with E-state index in [2.05, 4.69) is 9.47 Å². The fraction of sp³-hybridized carbons (Fsp3) is 0.952. The van der Waals surface area contributed by atoms with Crippen LogP contribution in [0.2, 0.25) is 0 Å². The third-order valence-corrected chi connectivity index (χ3v) is 7.39. The molecule has 35 heavy (non-hydrogen) atoms. The van der Waals surface area contributed by atoms with Crippen LogP contribution in [0.25, 0.3) is 0 Å². The van der Waals surface area contributed by atoms with Gasteiger partial charge in [0.15, 0.2) is 0 Å². The van der Waals surface area contributed by atoms with E-state index >= 15 is 17.6 Å². The second-order valence-electron chi connectivity index (χ2n) is 9.77. The first-order valence-electron chi connectivity index (χ1n) is 11.1. The second kappa shape index (κ2) is 8.63. The Morgan fingerprint density at radius 3 is 1.77 bits per heavy atom. The Bertz CT molecular complexity index is 803. The molecule has 1 aliphatic carbocycles. The molecule has 1 heterocycles. The van der Waals surface area contributed by atoms with Gasteiger partial charge in [-0.1, -0.05) is 33.1 Å². The maximum absolute atomic E-state index is 15.8. The fourth-order valence-corrected chi connectivity index (χ4v) is 4.68. The maximum atomic E-state index is 15.8. The molecule has 0 aromatic carbocycles. The van der Waals surface area contributed by atoms with E-state index in [1.54, 1.807) is 0 Å². The van der Waals surface area contributed by atoms with Crippen LogP contribution in [0.5, 0.6) is 0 Å². The lowest BCUT2D eigenvalue weighted by molar-refractivity contribution is -0.563. The van der Waals surface area contributed by atoms with Crippen molar-refractivity contribution in [2.45, 2.75) is 114 Å². The highest BCUT2D eigenvalue weighted by molar-refractivity contribution is 5.76. The van der Waals surface area contributed by atoms with Gasteiger partial charge in [-0.15, -0.1) is 0 Å². The normalized spacial score (nSPS) is 34.5. The van der Waals surface area contributed by atoms with Crippen LogP contribution in [0.1, 0.15) is 72.6 Å². The molecular formula is C21H28F10O4. The zero-order valence-electron chi connectivity index (χ0n) is 19.5. The topological polar surface area (TPSA) is 55.8 Å². The van der Waals surface area contributed by atoms with E-state index in [0.717, 1.165) is 13.8 Å². The van der Waals surface area contributed by atoms with Gasteiger partial charge >= 0.3 is 36.0 Å². The molecule has 2 rings (SSSR count). The van der Waals surface area contributed by atoms with Gasteiger partial charge in [-0.3, -0.25) is 4.79 Å². The van der Waals surface area contributed by atoms with Crippen molar-refractivity contribution < 1.29 is 63.3 Å². The van der Waals surface area contributed by atoms with Crippen molar-refractivity contribution in [2.24, 2.45) is 11.3 Å². The predicted octanol–water partition coefficient (Wildman–Crippen LogP) is 6.55. The summed E-state index contributed by atoms with van der Waals surface area (Å²) in [6.07, 6.45) is -16.7. The van der Waals surface area contributed by atoms with Crippen molar-refractivity contribution in [1.82, 2.24) is 0 Å². The summed E-state index contributed by atoms with van der Waals surface area (Å²) in [7, 11) is 0. The zero-order valence-corrected chi connectivity index (χ0v) is 19.5. The molecule has 206 valence electrons. The molecule has 2 fully saturated rings. The van der Waals surface area contributed by atoms with Gasteiger partial charge in [-0.25, -0.2) is 0 Å². The van der Waals surface area contributed by atoms with Crippen molar-refractivity contribution in [3.8, 4) is 0 Å². The Labute approximate surface area is 195 Å². The Morgan fingerprint density at radius 1 is 0.914 bits per heavy atom. The van der Waals surface area contributed by atoms with E-state index < -0.39 is 77.8 Å². The Morgan fingerprint density at radius 2 is 1.40 bits per heavy atom. The van der Waals surface area contributed by atoms with Crippen LogP contribution in [0.3, 0.4) is 0 Å². The summed E-state index contributed by atoms with van der Waals surface area (Å²) in [6.45, 7) is 3.52. The monoisotopic (exact) mass is 534 g/mol. The summed E-state index contributed by atoms with van der Waals surface area (Å²) < 4.78 is 156. The molecule has 0 radical (unpaired) electrons. The highest BCUT2D eigenvalue weighted by Crippen LogP contribution is 2.69. The van der Waals surface area contributed by atoms with Gasteiger partial charge < -0.3 is 14.6 Å². The van der Waals surface area contributed by atoms with Crippen LogP contribution in [0.15, 0.2) is 0 Å². The summed E-state index contributed by atoms with van der Waals surface area (Å²) in [6, 6.07) is 0. The summed E-state index contributed by atoms with van der Waals surface area (Å²) in [5, 5.41) is 10.9. The quantitative estimate of drug-likeness (QED) is 0.321. The van der Waals surface area contributed by atoms with Crippen molar-refractivity contribution in [2.75, 3.05) is 0 Å². The van der Waals surface area contributed by atoms with Gasteiger partial charge in [0.2, 0.25) is 11.2 Å². The number of ether oxygens (including phenoxy) is 2. The second-order valence-corrected chi connectivity index (χ2v) is 9.77. The Kier molecular flexibility index (Phi) is 7.37. The summed E-state index contributed by atoms with van der Waals surface area (Å²) in [5.74, 6) is -22.5. The van der Waals surface area contributed by atoms with Gasteiger partial charge in [-0.05, 0) is 39.5 Å². The maximum Gasteiger partial charge on any atom is 0.462 e. The van der Waals surface area contributed by atoms with Crippen LogP contribution in [-0.4, -0.2) is 52.3 Å². The fourth-order valence-electron chi connectivity index (χ4n) is 4.68. The minimum absolute atomic E-state index is 0.104. The van der Waals surface area contributed by atoms with Crippen LogP contribution in [-0.2, 0) is 14.3 Å². The minimum Gasteiger partial charge on any atom is -0.417 e. The number of hydrogen-bond donors (Lipinski definition) is 1. The van der Waals surface area contributed by atoms with Crippen LogP contribution in [0.4, 0.5) is 43.9 Å². The molecule has 1 saturated heterocycles. The van der Waals surface area contributed by atoms with E-state index in [1.807, 2.05) is 0 Å². The third kappa shape index (κ3) is 3.83. The Hall–Kier alpha value is -1.31. The highest BCUT2D eigenvalue weighted by atomic mass is 19.4. The molecule has 0 aromatic heterocycles. The minimum atomic E-state index is -6.67. The molecule has 0 bridgehead atoms. The van der Waals surface area contributed by atoms with Crippen LogP contribution in [0, 0.1) is 11.3 Å². The molecule has 3 unspecified atom stereocenters. The van der Waals surface area contributed by atoms with Gasteiger partial charge in [0.1, 0.15) is 0 Å². The summed E-state index contributed by atoms with van der Waals surface area (Å²) >= 11 is 0. The highest BCUT2D eigenvalue weighted by Gasteiger charge is 2.97. The lowest BCUT2D eigenvalue weighted by Gasteiger charge is -2.62. The van der Waals surface area contributed by atoms with E-state index in [4.69, 9.17) is 0 Å². The van der Waals surface area contributed by atoms with Crippen molar-refractivity contribution in [1.29, 1.82) is 0 Å². The number of carbonyl (C=O) groups excluding carboxylic acids is 1. The van der Waals surface area contributed by atoms with E-state index in [9.17, 15) is 36.2 Å². The standard InChI is InChI=1S/C21H28F10O4/c1-5-14(3,4)13(32)34-19(21(29,30)31)18(24,25)16(33,12-10-8-7-9-11-12)17(22,23)15(6-2,35-19)20(26,27)28/h12,33H,5-11H2,1-4H3. The number of esters is 1. The number of rotatable bonds is 5. The molecule has 0 amide bonds. The van der Waals surface area contributed by atoms with E-state index in [-0.39, 0.29) is 25.7 Å². The molecular weight excluding hydrogens is 506 g/mol. The first-order chi connectivity index (χ1) is 15.6. The zero-order chi connectivity index (χ0) is 27.5. The number of alkyl halides is 10. The number of aliphatic hydroxyl groups is 1. The van der Waals surface area contributed by atoms with Crippen molar-refractivity contribution >= 4 is 5.97 Å². The molecule has 1 N–H and O–H groups in total. The number of hydrogen-bond acceptors (Lipinski definition) is 4. The first-order valence-corrected chi connectivity index (χ1v) is 11.1. The van der Waals surface area contributed by atoms with Crippen molar-refractivity contribution in [3.05, 3.63) is 0 Å². The molecule has 1 saturated carbocycles. The average Bonchev–Trinajstić information content (AvgIpc) is 2.73. The summed E-state index contributed by atoms with van der Waals surface area (Å²) in [4.78, 5) is 12.5. The average molecular weight is 534 g/mol. The molecule has 14 heteroatoms. The molecule has 3 atom stereocenters. The van der Waals surface area contributed by atoms with Gasteiger partial charge in [0.05, 0.1) is 5.41 Å². The summed E-state index contributed by atoms with van der Waals surface area (Å²) in [5.41, 5.74) is -12.4. The van der Waals surface area contributed by atoms with Crippen LogP contribution < -0.4 is 0 Å². The molecule has 1 aliphatic heterocycles. The Balaban J connectivity index is 3.01. The lowest BCUT2D eigenvalue weighted by atomic mass is 9.61. The largest absolute Gasteiger partial charge is 0.462 e. The lowest BCUT2D eigenvalue weighted by Crippen LogP contribution is -2.89. The molecule has 0 aromatic rings. The van der Waals surface area contributed by atoms with Gasteiger partial charge in [0, 0.05) is 5.92 Å². The number of halogens is 10. The first kappa shape index (κ1) is 29.9. The third-order valence-electron chi connectivity index (χ3n) is 7.39. The van der Waals surface area contributed by atoms with E-state index in [1.165, 1.54) is 6.92 Å². The molecule has 4 nitrogen and oxygen atoms in total. The number of carbonyl (C=O) groups is 1. The molecule has 2 aliphatic rings. The smallest absolute Gasteiger partial charge is 0.417 e. The van der Waals surface area contributed by atoms with Crippen LogP contribution >= 0.6 is 0 Å².